The molecule has 5 heteroatoms. The van der Waals surface area contributed by atoms with Crippen LogP contribution in [-0.2, 0) is 23.7 Å². The number of carbonyl (C=O) groups excluding carboxylic acids is 1. The van der Waals surface area contributed by atoms with E-state index in [-0.39, 0.29) is 12.4 Å². The van der Waals surface area contributed by atoms with Gasteiger partial charge in [0.05, 0.1) is 26.4 Å². The molecule has 0 aromatic rings. The van der Waals surface area contributed by atoms with Crippen LogP contribution in [0.15, 0.2) is 0 Å². The fourth-order valence-electron chi connectivity index (χ4n) is 1.71. The molecule has 0 saturated carbocycles. The Kier molecular flexibility index (Phi) is 16.0. The van der Waals surface area contributed by atoms with E-state index >= 15 is 0 Å². The van der Waals surface area contributed by atoms with Crippen LogP contribution in [0.5, 0.6) is 0 Å². The van der Waals surface area contributed by atoms with Gasteiger partial charge in [-0.15, -0.1) is 0 Å². The lowest BCUT2D eigenvalue weighted by Gasteiger charge is -2.08. The standard InChI is InChI=1S/C18H36O5/c1-16(2)7-9-21-11-13-22-12-10-20-8-5-6-18(19)15-23-14-17(3)4/h16-17H,5-15H2,1-4H3. The van der Waals surface area contributed by atoms with Gasteiger partial charge < -0.3 is 18.9 Å². The van der Waals surface area contributed by atoms with Gasteiger partial charge in [-0.05, 0) is 24.7 Å². The van der Waals surface area contributed by atoms with Crippen molar-refractivity contribution in [3.8, 4) is 0 Å². The second-order valence-corrected chi connectivity index (χ2v) is 6.57. The SMILES string of the molecule is CC(C)CCOCCOCCOCCCC(=O)COCC(C)C. The summed E-state index contributed by atoms with van der Waals surface area (Å²) in [5.74, 6) is 1.29. The zero-order valence-corrected chi connectivity index (χ0v) is 15.5. The molecule has 23 heavy (non-hydrogen) atoms. The molecule has 5 nitrogen and oxygen atoms in total. The van der Waals surface area contributed by atoms with Crippen LogP contribution in [0.2, 0.25) is 0 Å². The van der Waals surface area contributed by atoms with E-state index in [2.05, 4.69) is 27.7 Å². The third-order valence-corrected chi connectivity index (χ3v) is 3.04. The molecule has 138 valence electrons. The maximum absolute atomic E-state index is 11.5. The van der Waals surface area contributed by atoms with Gasteiger partial charge in [0.2, 0.25) is 0 Å². The molecule has 0 unspecified atom stereocenters. The summed E-state index contributed by atoms with van der Waals surface area (Å²) < 4.78 is 21.6. The lowest BCUT2D eigenvalue weighted by Crippen LogP contribution is -2.13. The lowest BCUT2D eigenvalue weighted by atomic mass is 10.1. The highest BCUT2D eigenvalue weighted by Crippen LogP contribution is 1.99. The van der Waals surface area contributed by atoms with E-state index in [1.54, 1.807) is 0 Å². The van der Waals surface area contributed by atoms with Crippen LogP contribution in [0.1, 0.15) is 47.0 Å². The lowest BCUT2D eigenvalue weighted by molar-refractivity contribution is -0.124. The van der Waals surface area contributed by atoms with Gasteiger partial charge in [0, 0.05) is 26.2 Å². The smallest absolute Gasteiger partial charge is 0.158 e. The van der Waals surface area contributed by atoms with Gasteiger partial charge in [0.25, 0.3) is 0 Å². The average molecular weight is 332 g/mol. The molecule has 0 aromatic carbocycles. The molecule has 0 radical (unpaired) electrons. The van der Waals surface area contributed by atoms with Crippen molar-refractivity contribution in [2.75, 3.05) is 52.9 Å². The zero-order chi connectivity index (χ0) is 17.3. The van der Waals surface area contributed by atoms with Crippen LogP contribution in [-0.4, -0.2) is 58.6 Å². The summed E-state index contributed by atoms with van der Waals surface area (Å²) in [5.41, 5.74) is 0. The number of carbonyl (C=O) groups is 1. The minimum absolute atomic E-state index is 0.143. The highest BCUT2D eigenvalue weighted by atomic mass is 16.5. The second kappa shape index (κ2) is 16.4. The summed E-state index contributed by atoms with van der Waals surface area (Å²) in [6, 6.07) is 0. The Morgan fingerprint density at radius 3 is 1.87 bits per heavy atom. The van der Waals surface area contributed by atoms with Gasteiger partial charge in [-0.2, -0.15) is 0 Å². The van der Waals surface area contributed by atoms with Crippen molar-refractivity contribution in [1.29, 1.82) is 0 Å². The first-order valence-corrected chi connectivity index (χ1v) is 8.85. The highest BCUT2D eigenvalue weighted by molar-refractivity contribution is 5.79. The molecule has 0 bridgehead atoms. The minimum atomic E-state index is 0.143. The van der Waals surface area contributed by atoms with E-state index in [1.165, 1.54) is 0 Å². The van der Waals surface area contributed by atoms with Crippen LogP contribution < -0.4 is 0 Å². The van der Waals surface area contributed by atoms with E-state index in [0.29, 0.717) is 57.9 Å². The Morgan fingerprint density at radius 1 is 0.739 bits per heavy atom. The van der Waals surface area contributed by atoms with Crippen LogP contribution in [0.25, 0.3) is 0 Å². The highest BCUT2D eigenvalue weighted by Gasteiger charge is 2.03. The van der Waals surface area contributed by atoms with Gasteiger partial charge >= 0.3 is 0 Å². The Bertz CT molecular complexity index is 266. The molecule has 0 aromatic heterocycles. The third-order valence-electron chi connectivity index (χ3n) is 3.04. The van der Waals surface area contributed by atoms with Crippen molar-refractivity contribution in [2.45, 2.75) is 47.0 Å². The fraction of sp³-hybridized carbons (Fsp3) is 0.944. The fourth-order valence-corrected chi connectivity index (χ4v) is 1.71. The van der Waals surface area contributed by atoms with Crippen molar-refractivity contribution < 1.29 is 23.7 Å². The molecular formula is C18H36O5. The Hall–Kier alpha value is -0.490. The van der Waals surface area contributed by atoms with E-state index < -0.39 is 0 Å². The molecule has 0 rings (SSSR count). The molecule has 0 atom stereocenters. The van der Waals surface area contributed by atoms with Gasteiger partial charge in [0.15, 0.2) is 5.78 Å². The summed E-state index contributed by atoms with van der Waals surface area (Å²) in [7, 11) is 0. The number of hydrogen-bond acceptors (Lipinski definition) is 5. The molecule has 0 aliphatic heterocycles. The summed E-state index contributed by atoms with van der Waals surface area (Å²) in [5, 5.41) is 0. The summed E-state index contributed by atoms with van der Waals surface area (Å²) in [6.45, 7) is 13.1. The maximum atomic E-state index is 11.5. The minimum Gasteiger partial charge on any atom is -0.379 e. The van der Waals surface area contributed by atoms with E-state index in [4.69, 9.17) is 18.9 Å². The van der Waals surface area contributed by atoms with Gasteiger partial charge in [-0.1, -0.05) is 27.7 Å². The molecule has 0 aliphatic rings. The van der Waals surface area contributed by atoms with Crippen molar-refractivity contribution >= 4 is 5.78 Å². The predicted octanol–water partition coefficient (Wildman–Crippen LogP) is 3.10. The van der Waals surface area contributed by atoms with E-state index in [9.17, 15) is 4.79 Å². The third kappa shape index (κ3) is 19.5. The molecule has 0 fully saturated rings. The van der Waals surface area contributed by atoms with Crippen molar-refractivity contribution in [2.24, 2.45) is 11.8 Å². The number of ether oxygens (including phenoxy) is 4. The number of ketones is 1. The molecule has 0 saturated heterocycles. The van der Waals surface area contributed by atoms with E-state index in [1.807, 2.05) is 0 Å². The first-order chi connectivity index (χ1) is 11.0. The summed E-state index contributed by atoms with van der Waals surface area (Å²) in [4.78, 5) is 11.5. The molecule has 0 heterocycles. The summed E-state index contributed by atoms with van der Waals surface area (Å²) >= 11 is 0. The van der Waals surface area contributed by atoms with E-state index in [0.717, 1.165) is 19.4 Å². The van der Waals surface area contributed by atoms with Crippen LogP contribution in [0, 0.1) is 11.8 Å². The molecular weight excluding hydrogens is 296 g/mol. The largest absolute Gasteiger partial charge is 0.379 e. The summed E-state index contributed by atoms with van der Waals surface area (Å²) in [6.07, 6.45) is 2.34. The first-order valence-electron chi connectivity index (χ1n) is 8.85. The Balaban J connectivity index is 3.14. The monoisotopic (exact) mass is 332 g/mol. The van der Waals surface area contributed by atoms with Crippen molar-refractivity contribution in [3.63, 3.8) is 0 Å². The average Bonchev–Trinajstić information content (AvgIpc) is 2.47. The quantitative estimate of drug-likeness (QED) is 0.383. The van der Waals surface area contributed by atoms with Gasteiger partial charge in [-0.25, -0.2) is 0 Å². The number of hydrogen-bond donors (Lipinski definition) is 0. The van der Waals surface area contributed by atoms with Crippen molar-refractivity contribution in [1.82, 2.24) is 0 Å². The molecule has 0 aliphatic carbocycles. The van der Waals surface area contributed by atoms with Crippen LogP contribution >= 0.6 is 0 Å². The van der Waals surface area contributed by atoms with Crippen LogP contribution in [0.3, 0.4) is 0 Å². The maximum Gasteiger partial charge on any atom is 0.158 e. The normalized spacial score (nSPS) is 11.6. The Labute approximate surface area is 142 Å². The van der Waals surface area contributed by atoms with Gasteiger partial charge in [-0.3, -0.25) is 4.79 Å². The van der Waals surface area contributed by atoms with Gasteiger partial charge in [0.1, 0.15) is 6.61 Å². The zero-order valence-electron chi connectivity index (χ0n) is 15.5. The molecule has 0 N–H and O–H groups in total. The number of Topliss-reactive ketones (excluding diaryl/α,β-unsaturated/α-hetero) is 1. The Morgan fingerprint density at radius 2 is 1.30 bits per heavy atom. The first kappa shape index (κ1) is 22.5. The van der Waals surface area contributed by atoms with Crippen LogP contribution in [0.4, 0.5) is 0 Å². The second-order valence-electron chi connectivity index (χ2n) is 6.57. The molecule has 0 spiro atoms. The van der Waals surface area contributed by atoms with Crippen molar-refractivity contribution in [3.05, 3.63) is 0 Å². The topological polar surface area (TPSA) is 54.0 Å². The number of rotatable bonds is 17. The molecule has 0 amide bonds. The predicted molar refractivity (Wildman–Crippen MR) is 91.8 cm³/mol.